The summed E-state index contributed by atoms with van der Waals surface area (Å²) >= 11 is 0. The van der Waals surface area contributed by atoms with Crippen LogP contribution >= 0.6 is 0 Å². The van der Waals surface area contributed by atoms with Crippen molar-refractivity contribution in [2.24, 2.45) is 0 Å². The molecular formula is C14H20O3. The highest BCUT2D eigenvalue weighted by molar-refractivity contribution is 5.49. The van der Waals surface area contributed by atoms with E-state index in [0.717, 1.165) is 11.1 Å². The second-order valence-corrected chi connectivity index (χ2v) is 4.70. The van der Waals surface area contributed by atoms with E-state index in [2.05, 4.69) is 0 Å². The van der Waals surface area contributed by atoms with E-state index in [1.54, 1.807) is 19.9 Å². The molecule has 3 nitrogen and oxygen atoms in total. The molecule has 0 heterocycles. The smallest absolute Gasteiger partial charge is 0.0861 e. The van der Waals surface area contributed by atoms with Crippen LogP contribution in [-0.2, 0) is 6.42 Å². The van der Waals surface area contributed by atoms with E-state index in [0.29, 0.717) is 6.42 Å². The average molecular weight is 236 g/mol. The van der Waals surface area contributed by atoms with Gasteiger partial charge < -0.3 is 15.3 Å². The molecule has 3 heteroatoms. The largest absolute Gasteiger partial charge is 0.392 e. The minimum atomic E-state index is -1.09. The first-order chi connectivity index (χ1) is 7.93. The molecule has 0 spiro atoms. The second kappa shape index (κ2) is 5.96. The highest BCUT2D eigenvalue weighted by Gasteiger charge is 2.24. The Hall–Kier alpha value is -1.16. The highest BCUT2D eigenvalue weighted by atomic mass is 16.3. The average Bonchev–Trinajstić information content (AvgIpc) is 2.27. The molecule has 0 aliphatic carbocycles. The minimum Gasteiger partial charge on any atom is -0.392 e. The summed E-state index contributed by atoms with van der Waals surface area (Å²) in [5, 5.41) is 28.0. The van der Waals surface area contributed by atoms with E-state index in [-0.39, 0.29) is 6.61 Å². The molecule has 0 saturated heterocycles. The molecule has 0 fully saturated rings. The zero-order chi connectivity index (χ0) is 12.9. The lowest BCUT2D eigenvalue weighted by Crippen LogP contribution is -2.37. The van der Waals surface area contributed by atoms with Crippen LogP contribution in [0.5, 0.6) is 0 Å². The fourth-order valence-corrected chi connectivity index (χ4v) is 1.43. The van der Waals surface area contributed by atoms with Gasteiger partial charge in [-0.15, -0.1) is 0 Å². The Morgan fingerprint density at radius 1 is 1.24 bits per heavy atom. The molecule has 1 atom stereocenters. The van der Waals surface area contributed by atoms with E-state index in [4.69, 9.17) is 5.11 Å². The molecule has 0 saturated carbocycles. The van der Waals surface area contributed by atoms with Crippen molar-refractivity contribution >= 4 is 6.08 Å². The maximum Gasteiger partial charge on any atom is 0.0861 e. The fourth-order valence-electron chi connectivity index (χ4n) is 1.43. The first-order valence-electron chi connectivity index (χ1n) is 5.70. The number of hydrogen-bond acceptors (Lipinski definition) is 3. The fraction of sp³-hybridized carbons (Fsp3) is 0.429. The molecule has 1 rings (SSSR count). The molecule has 94 valence electrons. The second-order valence-electron chi connectivity index (χ2n) is 4.70. The van der Waals surface area contributed by atoms with E-state index in [1.807, 2.05) is 30.3 Å². The monoisotopic (exact) mass is 236 g/mol. The quantitative estimate of drug-likeness (QED) is 0.723. The van der Waals surface area contributed by atoms with Gasteiger partial charge in [0.1, 0.15) is 0 Å². The van der Waals surface area contributed by atoms with Crippen LogP contribution in [0.2, 0.25) is 0 Å². The third-order valence-electron chi connectivity index (χ3n) is 2.64. The Morgan fingerprint density at radius 2 is 1.82 bits per heavy atom. The predicted octanol–water partition coefficient (Wildman–Crippen LogP) is 1.37. The summed E-state index contributed by atoms with van der Waals surface area (Å²) in [4.78, 5) is 0. The molecule has 3 N–H and O–H groups in total. The van der Waals surface area contributed by atoms with Crippen LogP contribution in [0.15, 0.2) is 30.3 Å². The van der Waals surface area contributed by atoms with Crippen molar-refractivity contribution in [3.63, 3.8) is 0 Å². The Labute approximate surface area is 102 Å². The SMILES string of the molecule is CC(C)(O)[C@H](O)Cc1ccc(/C=C/CO)cc1. The van der Waals surface area contributed by atoms with Crippen LogP contribution in [0, 0.1) is 0 Å². The number of benzene rings is 1. The molecule has 0 unspecified atom stereocenters. The molecule has 0 aliphatic rings. The summed E-state index contributed by atoms with van der Waals surface area (Å²) in [6.07, 6.45) is 3.14. The van der Waals surface area contributed by atoms with E-state index >= 15 is 0 Å². The third kappa shape index (κ3) is 4.69. The summed E-state index contributed by atoms with van der Waals surface area (Å²) in [6.45, 7) is 3.21. The maximum absolute atomic E-state index is 9.75. The van der Waals surface area contributed by atoms with Gasteiger partial charge >= 0.3 is 0 Å². The molecule has 0 bridgehead atoms. The van der Waals surface area contributed by atoms with Gasteiger partial charge in [-0.3, -0.25) is 0 Å². The molecule has 0 amide bonds. The zero-order valence-electron chi connectivity index (χ0n) is 10.3. The van der Waals surface area contributed by atoms with Gasteiger partial charge in [-0.05, 0) is 25.0 Å². The Bertz CT molecular complexity index is 360. The number of aliphatic hydroxyl groups is 3. The van der Waals surface area contributed by atoms with Gasteiger partial charge in [0.15, 0.2) is 0 Å². The topological polar surface area (TPSA) is 60.7 Å². The normalized spacial score (nSPS) is 14.2. The van der Waals surface area contributed by atoms with Crippen molar-refractivity contribution in [2.75, 3.05) is 6.61 Å². The third-order valence-corrected chi connectivity index (χ3v) is 2.64. The summed E-state index contributed by atoms with van der Waals surface area (Å²) in [6, 6.07) is 7.65. The number of hydrogen-bond donors (Lipinski definition) is 3. The van der Waals surface area contributed by atoms with Crippen molar-refractivity contribution < 1.29 is 15.3 Å². The lowest BCUT2D eigenvalue weighted by molar-refractivity contribution is -0.0469. The lowest BCUT2D eigenvalue weighted by atomic mass is 9.95. The van der Waals surface area contributed by atoms with Crippen molar-refractivity contribution in [2.45, 2.75) is 32.0 Å². The minimum absolute atomic E-state index is 0.0270. The van der Waals surface area contributed by atoms with Crippen molar-refractivity contribution in [3.05, 3.63) is 41.5 Å². The van der Waals surface area contributed by atoms with Crippen molar-refractivity contribution in [3.8, 4) is 0 Å². The summed E-state index contributed by atoms with van der Waals surface area (Å²) in [5.41, 5.74) is 0.886. The van der Waals surface area contributed by atoms with Crippen LogP contribution in [0.3, 0.4) is 0 Å². The maximum atomic E-state index is 9.75. The molecular weight excluding hydrogens is 216 g/mol. The zero-order valence-corrected chi connectivity index (χ0v) is 10.3. The van der Waals surface area contributed by atoms with Crippen molar-refractivity contribution in [1.29, 1.82) is 0 Å². The molecule has 1 aromatic carbocycles. The Balaban J connectivity index is 2.65. The first kappa shape index (κ1) is 13.9. The van der Waals surface area contributed by atoms with Gasteiger partial charge in [-0.1, -0.05) is 36.4 Å². The standard InChI is InChI=1S/C14H20O3/c1-14(2,17)13(16)10-12-7-5-11(6-8-12)4-3-9-15/h3-8,13,15-17H,9-10H2,1-2H3/b4-3+/t13-/m1/s1. The van der Waals surface area contributed by atoms with Crippen LogP contribution < -0.4 is 0 Å². The summed E-state index contributed by atoms with van der Waals surface area (Å²) in [5.74, 6) is 0. The lowest BCUT2D eigenvalue weighted by Gasteiger charge is -2.24. The van der Waals surface area contributed by atoms with Crippen LogP contribution in [-0.4, -0.2) is 33.6 Å². The van der Waals surface area contributed by atoms with Gasteiger partial charge in [0.05, 0.1) is 18.3 Å². The van der Waals surface area contributed by atoms with Gasteiger partial charge in [-0.2, -0.15) is 0 Å². The van der Waals surface area contributed by atoms with Gasteiger partial charge in [0.25, 0.3) is 0 Å². The molecule has 0 radical (unpaired) electrons. The van der Waals surface area contributed by atoms with Crippen molar-refractivity contribution in [1.82, 2.24) is 0 Å². The van der Waals surface area contributed by atoms with Gasteiger partial charge in [-0.25, -0.2) is 0 Å². The van der Waals surface area contributed by atoms with E-state index in [1.165, 1.54) is 0 Å². The van der Waals surface area contributed by atoms with Crippen LogP contribution in [0.25, 0.3) is 6.08 Å². The summed E-state index contributed by atoms with van der Waals surface area (Å²) in [7, 11) is 0. The molecule has 17 heavy (non-hydrogen) atoms. The van der Waals surface area contributed by atoms with E-state index in [9.17, 15) is 10.2 Å². The summed E-state index contributed by atoms with van der Waals surface area (Å²) < 4.78 is 0. The number of aliphatic hydroxyl groups excluding tert-OH is 2. The van der Waals surface area contributed by atoms with Gasteiger partial charge in [0.2, 0.25) is 0 Å². The van der Waals surface area contributed by atoms with Crippen LogP contribution in [0.4, 0.5) is 0 Å². The highest BCUT2D eigenvalue weighted by Crippen LogP contribution is 2.15. The predicted molar refractivity (Wildman–Crippen MR) is 68.6 cm³/mol. The number of rotatable bonds is 5. The van der Waals surface area contributed by atoms with Gasteiger partial charge in [0, 0.05) is 6.42 Å². The Kier molecular flexibility index (Phi) is 4.87. The molecule has 1 aromatic rings. The van der Waals surface area contributed by atoms with Crippen LogP contribution in [0.1, 0.15) is 25.0 Å². The van der Waals surface area contributed by atoms with E-state index < -0.39 is 11.7 Å². The Morgan fingerprint density at radius 3 is 2.29 bits per heavy atom. The molecule has 0 aliphatic heterocycles. The molecule has 0 aromatic heterocycles. The first-order valence-corrected chi connectivity index (χ1v) is 5.70.